The number of rotatable bonds is 7. The van der Waals surface area contributed by atoms with Gasteiger partial charge in [-0.25, -0.2) is 0 Å². The zero-order valence-electron chi connectivity index (χ0n) is 9.76. The Hall–Kier alpha value is -0.320. The van der Waals surface area contributed by atoms with Crippen LogP contribution in [0.3, 0.4) is 0 Å². The van der Waals surface area contributed by atoms with Crippen molar-refractivity contribution >= 4 is 40.6 Å². The second kappa shape index (κ2) is 7.90. The molecule has 0 radical (unpaired) electrons. The number of carbonyl (C=O) groups is 1. The van der Waals surface area contributed by atoms with E-state index in [0.717, 1.165) is 24.4 Å². The number of amides is 1. The van der Waals surface area contributed by atoms with Crippen molar-refractivity contribution in [3.63, 3.8) is 0 Å². The van der Waals surface area contributed by atoms with Crippen LogP contribution in [0.25, 0.3) is 0 Å². The standard InChI is InChI=1S/C11H16Cl2N2OS/c1-2-3-4-5-6-7-14-11(16)9-8(12)10(13)15-17-9/h2-7H2,1H3,(H,14,16). The number of nitrogens with one attached hydrogen (secondary N) is 1. The molecule has 0 saturated heterocycles. The first-order chi connectivity index (χ1) is 8.16. The Labute approximate surface area is 116 Å². The Kier molecular flexibility index (Phi) is 6.85. The number of unbranched alkanes of at least 4 members (excludes halogenated alkanes) is 4. The van der Waals surface area contributed by atoms with Crippen LogP contribution < -0.4 is 5.32 Å². The van der Waals surface area contributed by atoms with Gasteiger partial charge in [-0.15, -0.1) is 0 Å². The maximum Gasteiger partial charge on any atom is 0.264 e. The van der Waals surface area contributed by atoms with Crippen LogP contribution in [0.5, 0.6) is 0 Å². The van der Waals surface area contributed by atoms with Crippen LogP contribution in [0, 0.1) is 0 Å². The predicted molar refractivity (Wildman–Crippen MR) is 73.2 cm³/mol. The highest BCUT2D eigenvalue weighted by atomic mass is 35.5. The molecule has 96 valence electrons. The summed E-state index contributed by atoms with van der Waals surface area (Å²) in [5.41, 5.74) is 0. The monoisotopic (exact) mass is 294 g/mol. The molecule has 0 aliphatic carbocycles. The Morgan fingerprint density at radius 2 is 2.00 bits per heavy atom. The van der Waals surface area contributed by atoms with E-state index in [4.69, 9.17) is 23.2 Å². The van der Waals surface area contributed by atoms with Crippen LogP contribution in [0.15, 0.2) is 0 Å². The van der Waals surface area contributed by atoms with Gasteiger partial charge in [-0.3, -0.25) is 4.79 Å². The molecule has 1 N–H and O–H groups in total. The van der Waals surface area contributed by atoms with Crippen LogP contribution in [-0.4, -0.2) is 16.8 Å². The third-order valence-corrected chi connectivity index (χ3v) is 4.17. The number of aromatic nitrogens is 1. The van der Waals surface area contributed by atoms with E-state index in [9.17, 15) is 4.79 Å². The molecule has 0 fully saturated rings. The maximum absolute atomic E-state index is 11.7. The van der Waals surface area contributed by atoms with E-state index in [-0.39, 0.29) is 16.1 Å². The van der Waals surface area contributed by atoms with E-state index in [1.807, 2.05) is 0 Å². The molecule has 1 heterocycles. The fourth-order valence-electron chi connectivity index (χ4n) is 1.41. The van der Waals surface area contributed by atoms with Crippen molar-refractivity contribution in [1.82, 2.24) is 9.69 Å². The number of hydrogen-bond acceptors (Lipinski definition) is 3. The van der Waals surface area contributed by atoms with Gasteiger partial charge in [0.2, 0.25) is 0 Å². The molecule has 1 aromatic heterocycles. The molecule has 0 aliphatic rings. The lowest BCUT2D eigenvalue weighted by atomic mass is 10.1. The van der Waals surface area contributed by atoms with Gasteiger partial charge in [0, 0.05) is 6.54 Å². The van der Waals surface area contributed by atoms with Crippen molar-refractivity contribution in [2.24, 2.45) is 0 Å². The summed E-state index contributed by atoms with van der Waals surface area (Å²) in [5, 5.41) is 3.27. The van der Waals surface area contributed by atoms with E-state index >= 15 is 0 Å². The second-order valence-electron chi connectivity index (χ2n) is 3.79. The van der Waals surface area contributed by atoms with Gasteiger partial charge >= 0.3 is 0 Å². The predicted octanol–water partition coefficient (Wildman–Crippen LogP) is 4.15. The summed E-state index contributed by atoms with van der Waals surface area (Å²) in [6.45, 7) is 2.85. The molecular formula is C11H16Cl2N2OS. The van der Waals surface area contributed by atoms with Crippen LogP contribution in [-0.2, 0) is 0 Å². The van der Waals surface area contributed by atoms with Crippen molar-refractivity contribution in [2.75, 3.05) is 6.54 Å². The van der Waals surface area contributed by atoms with Crippen LogP contribution in [0.1, 0.15) is 48.7 Å². The molecule has 1 rings (SSSR count). The minimum absolute atomic E-state index is 0.185. The highest BCUT2D eigenvalue weighted by molar-refractivity contribution is 7.09. The molecule has 0 atom stereocenters. The summed E-state index contributed by atoms with van der Waals surface area (Å²) < 4.78 is 3.82. The van der Waals surface area contributed by atoms with Crippen molar-refractivity contribution in [3.8, 4) is 0 Å². The summed E-state index contributed by atoms with van der Waals surface area (Å²) in [4.78, 5) is 12.1. The number of nitrogens with zero attached hydrogens (tertiary/aromatic N) is 1. The van der Waals surface area contributed by atoms with E-state index < -0.39 is 0 Å². The quantitative estimate of drug-likeness (QED) is 0.768. The van der Waals surface area contributed by atoms with Gasteiger partial charge in [0.1, 0.15) is 9.90 Å². The first-order valence-corrected chi connectivity index (χ1v) is 7.28. The van der Waals surface area contributed by atoms with E-state index in [1.54, 1.807) is 0 Å². The van der Waals surface area contributed by atoms with Crippen molar-refractivity contribution in [1.29, 1.82) is 0 Å². The first kappa shape index (κ1) is 14.7. The number of halogens is 2. The Bertz CT molecular complexity index is 368. The summed E-state index contributed by atoms with van der Waals surface area (Å²) in [7, 11) is 0. The molecular weight excluding hydrogens is 279 g/mol. The zero-order valence-corrected chi connectivity index (χ0v) is 12.1. The molecule has 0 aliphatic heterocycles. The van der Waals surface area contributed by atoms with Gasteiger partial charge in [-0.1, -0.05) is 55.8 Å². The minimum Gasteiger partial charge on any atom is -0.351 e. The molecule has 0 spiro atoms. The van der Waals surface area contributed by atoms with Crippen molar-refractivity contribution in [2.45, 2.75) is 39.0 Å². The van der Waals surface area contributed by atoms with Gasteiger partial charge in [-0.05, 0) is 18.0 Å². The van der Waals surface area contributed by atoms with Crippen molar-refractivity contribution in [3.05, 3.63) is 15.1 Å². The minimum atomic E-state index is -0.185. The van der Waals surface area contributed by atoms with E-state index in [1.165, 1.54) is 19.3 Å². The SMILES string of the molecule is CCCCCCCNC(=O)c1snc(Cl)c1Cl. The average molecular weight is 295 g/mol. The molecule has 1 aromatic rings. The first-order valence-electron chi connectivity index (χ1n) is 5.75. The zero-order chi connectivity index (χ0) is 12.7. The van der Waals surface area contributed by atoms with Gasteiger partial charge < -0.3 is 5.32 Å². The lowest BCUT2D eigenvalue weighted by Gasteiger charge is -2.03. The van der Waals surface area contributed by atoms with E-state index in [0.29, 0.717) is 11.4 Å². The fourth-order valence-corrected chi connectivity index (χ4v) is 2.54. The number of hydrogen-bond donors (Lipinski definition) is 1. The second-order valence-corrected chi connectivity index (χ2v) is 5.30. The highest BCUT2D eigenvalue weighted by Crippen LogP contribution is 2.28. The smallest absolute Gasteiger partial charge is 0.264 e. The lowest BCUT2D eigenvalue weighted by Crippen LogP contribution is -2.23. The third-order valence-electron chi connectivity index (χ3n) is 2.37. The summed E-state index contributed by atoms with van der Waals surface area (Å²) in [5.74, 6) is -0.185. The Balaban J connectivity index is 2.24. The maximum atomic E-state index is 11.7. The van der Waals surface area contributed by atoms with Gasteiger partial charge in [0.15, 0.2) is 5.15 Å². The number of carbonyl (C=O) groups excluding carboxylic acids is 1. The largest absolute Gasteiger partial charge is 0.351 e. The fraction of sp³-hybridized carbons (Fsp3) is 0.636. The third kappa shape index (κ3) is 4.82. The highest BCUT2D eigenvalue weighted by Gasteiger charge is 2.16. The van der Waals surface area contributed by atoms with Gasteiger partial charge in [-0.2, -0.15) is 4.37 Å². The van der Waals surface area contributed by atoms with Crippen LogP contribution in [0.2, 0.25) is 10.2 Å². The molecule has 0 saturated carbocycles. The average Bonchev–Trinajstić information content (AvgIpc) is 2.64. The normalized spacial score (nSPS) is 10.5. The topological polar surface area (TPSA) is 42.0 Å². The lowest BCUT2D eigenvalue weighted by molar-refractivity contribution is 0.0957. The van der Waals surface area contributed by atoms with Gasteiger partial charge in [0.05, 0.1) is 0 Å². The molecule has 0 aromatic carbocycles. The molecule has 0 unspecified atom stereocenters. The molecule has 0 bridgehead atoms. The molecule has 17 heavy (non-hydrogen) atoms. The summed E-state index contributed by atoms with van der Waals surface area (Å²) in [6, 6.07) is 0. The Morgan fingerprint density at radius 3 is 2.59 bits per heavy atom. The van der Waals surface area contributed by atoms with Crippen LogP contribution in [0.4, 0.5) is 0 Å². The van der Waals surface area contributed by atoms with Crippen LogP contribution >= 0.6 is 34.7 Å². The molecule has 6 heteroatoms. The molecule has 3 nitrogen and oxygen atoms in total. The molecule has 1 amide bonds. The summed E-state index contributed by atoms with van der Waals surface area (Å²) in [6.07, 6.45) is 5.84. The Morgan fingerprint density at radius 1 is 1.29 bits per heavy atom. The summed E-state index contributed by atoms with van der Waals surface area (Å²) >= 11 is 12.5. The van der Waals surface area contributed by atoms with Gasteiger partial charge in [0.25, 0.3) is 5.91 Å². The van der Waals surface area contributed by atoms with E-state index in [2.05, 4.69) is 16.6 Å². The van der Waals surface area contributed by atoms with Crippen molar-refractivity contribution < 1.29 is 4.79 Å².